The van der Waals surface area contributed by atoms with Crippen LogP contribution in [0.3, 0.4) is 0 Å². The Labute approximate surface area is 205 Å². The first-order chi connectivity index (χ1) is 16.1. The molecule has 3 aromatic carbocycles. The van der Waals surface area contributed by atoms with E-state index in [1.807, 2.05) is 24.3 Å². The third-order valence-corrected chi connectivity index (χ3v) is 6.77. The minimum atomic E-state index is -3.86. The van der Waals surface area contributed by atoms with Gasteiger partial charge in [-0.15, -0.1) is 0 Å². The van der Waals surface area contributed by atoms with Gasteiger partial charge in [0.15, 0.2) is 0 Å². The summed E-state index contributed by atoms with van der Waals surface area (Å²) in [4.78, 5) is 12.2. The molecule has 0 saturated heterocycles. The van der Waals surface area contributed by atoms with Crippen molar-refractivity contribution in [1.82, 2.24) is 14.5 Å². The van der Waals surface area contributed by atoms with Gasteiger partial charge in [0.25, 0.3) is 5.91 Å². The van der Waals surface area contributed by atoms with Crippen molar-refractivity contribution in [3.63, 3.8) is 0 Å². The van der Waals surface area contributed by atoms with Gasteiger partial charge >= 0.3 is 0 Å². The average Bonchev–Trinajstić information content (AvgIpc) is 3.55. The molecule has 1 N–H and O–H groups in total. The van der Waals surface area contributed by atoms with E-state index >= 15 is 0 Å². The quantitative estimate of drug-likeness (QED) is 0.367. The fourth-order valence-electron chi connectivity index (χ4n) is 3.91. The van der Waals surface area contributed by atoms with Crippen LogP contribution in [0.15, 0.2) is 54.6 Å². The summed E-state index contributed by atoms with van der Waals surface area (Å²) >= 11 is 12.5. The normalized spacial score (nSPS) is 13.9. The number of hydrogen-bond donors (Lipinski definition) is 1. The molecule has 1 aliphatic rings. The number of fused-ring (bicyclic) bond motifs is 1. The smallest absolute Gasteiger partial charge is 0.267 e. The van der Waals surface area contributed by atoms with Gasteiger partial charge in [0.1, 0.15) is 11.5 Å². The first-order valence-corrected chi connectivity index (χ1v) is 13.1. The molecule has 5 rings (SSSR count). The van der Waals surface area contributed by atoms with Crippen molar-refractivity contribution >= 4 is 50.0 Å². The third-order valence-electron chi connectivity index (χ3n) is 5.66. The van der Waals surface area contributed by atoms with Crippen LogP contribution < -0.4 is 4.72 Å². The van der Waals surface area contributed by atoms with Crippen LogP contribution in [0.25, 0.3) is 27.8 Å². The number of amides is 1. The van der Waals surface area contributed by atoms with Gasteiger partial charge in [-0.25, -0.2) is 22.2 Å². The monoisotopic (exact) mass is 517 g/mol. The predicted octanol–water partition coefficient (Wildman–Crippen LogP) is 5.71. The van der Waals surface area contributed by atoms with E-state index in [4.69, 9.17) is 28.3 Å². The highest BCUT2D eigenvalue weighted by molar-refractivity contribution is 7.89. The van der Waals surface area contributed by atoms with Crippen LogP contribution >= 0.6 is 23.2 Å². The van der Waals surface area contributed by atoms with E-state index < -0.39 is 27.3 Å². The maximum Gasteiger partial charge on any atom is 0.267 e. The molecule has 174 valence electrons. The highest BCUT2D eigenvalue weighted by Gasteiger charge is 2.26. The summed E-state index contributed by atoms with van der Waals surface area (Å²) in [6, 6.07) is 15.5. The fraction of sp³-hybridized carbons (Fsp3) is 0.167. The van der Waals surface area contributed by atoms with Crippen LogP contribution in [-0.2, 0) is 10.0 Å². The highest BCUT2D eigenvalue weighted by atomic mass is 35.5. The van der Waals surface area contributed by atoms with E-state index in [0.717, 1.165) is 42.2 Å². The Morgan fingerprint density at radius 2 is 1.79 bits per heavy atom. The molecular formula is C24H18Cl2FN3O3S. The molecule has 0 bridgehead atoms. The first-order valence-electron chi connectivity index (χ1n) is 10.4. The van der Waals surface area contributed by atoms with Gasteiger partial charge in [0.05, 0.1) is 28.0 Å². The van der Waals surface area contributed by atoms with Crippen LogP contribution in [0.5, 0.6) is 0 Å². The summed E-state index contributed by atoms with van der Waals surface area (Å²) in [6.45, 7) is 0. The second-order valence-corrected chi connectivity index (χ2v) is 10.9. The van der Waals surface area contributed by atoms with E-state index in [0.29, 0.717) is 22.2 Å². The zero-order chi connectivity index (χ0) is 24.2. The summed E-state index contributed by atoms with van der Waals surface area (Å²) < 4.78 is 40.9. The van der Waals surface area contributed by atoms with Gasteiger partial charge in [0.2, 0.25) is 10.0 Å². The number of nitrogens with zero attached hydrogens (tertiary/aromatic N) is 2. The van der Waals surface area contributed by atoms with Crippen molar-refractivity contribution < 1.29 is 17.6 Å². The molecule has 4 aromatic rings. The zero-order valence-corrected chi connectivity index (χ0v) is 20.2. The Balaban J connectivity index is 1.67. The Hall–Kier alpha value is -2.94. The van der Waals surface area contributed by atoms with Gasteiger partial charge < -0.3 is 0 Å². The van der Waals surface area contributed by atoms with Crippen molar-refractivity contribution in [2.24, 2.45) is 0 Å². The maximum absolute atomic E-state index is 14.9. The summed E-state index contributed by atoms with van der Waals surface area (Å²) in [5, 5.41) is 6.26. The van der Waals surface area contributed by atoms with E-state index in [-0.39, 0.29) is 10.7 Å². The molecule has 0 unspecified atom stereocenters. The van der Waals surface area contributed by atoms with Gasteiger partial charge in [0, 0.05) is 22.0 Å². The van der Waals surface area contributed by atoms with Crippen molar-refractivity contribution in [3.05, 3.63) is 81.6 Å². The highest BCUT2D eigenvalue weighted by Crippen LogP contribution is 2.42. The Morgan fingerprint density at radius 3 is 2.44 bits per heavy atom. The number of nitrogens with one attached hydrogen (secondary N) is 1. The number of carbonyl (C=O) groups excluding carboxylic acids is 1. The molecule has 0 aliphatic heterocycles. The number of carbonyl (C=O) groups is 1. The standard InChI is InChI=1S/C24H18Cl2FN3O3S/c1-34(32,33)29-24(31)17-11-19(26)22(12-20(17)27)30-21-9-6-15(13-2-3-13)10-18(21)23(28-30)14-4-7-16(25)8-5-14/h4-13H,2-3H2,1H3,(H,29,31). The summed E-state index contributed by atoms with van der Waals surface area (Å²) in [7, 11) is -3.86. The molecule has 1 heterocycles. The number of hydrogen-bond acceptors (Lipinski definition) is 4. The Morgan fingerprint density at radius 1 is 1.09 bits per heavy atom. The lowest BCUT2D eigenvalue weighted by atomic mass is 10.0. The lowest BCUT2D eigenvalue weighted by molar-refractivity contribution is 0.0978. The number of halogens is 3. The number of sulfonamides is 1. The van der Waals surface area contributed by atoms with Crippen molar-refractivity contribution in [3.8, 4) is 16.9 Å². The summed E-state index contributed by atoms with van der Waals surface area (Å²) in [5.74, 6) is -1.50. The lowest BCUT2D eigenvalue weighted by Gasteiger charge is -2.10. The molecule has 34 heavy (non-hydrogen) atoms. The van der Waals surface area contributed by atoms with Crippen LogP contribution in [0, 0.1) is 5.82 Å². The largest absolute Gasteiger partial charge is 0.268 e. The minimum absolute atomic E-state index is 0.0402. The van der Waals surface area contributed by atoms with E-state index in [1.165, 1.54) is 10.2 Å². The molecule has 0 radical (unpaired) electrons. The van der Waals surface area contributed by atoms with Gasteiger partial charge in [-0.3, -0.25) is 4.79 Å². The fourth-order valence-corrected chi connectivity index (χ4v) is 4.72. The second-order valence-electron chi connectivity index (χ2n) is 8.30. The van der Waals surface area contributed by atoms with E-state index in [2.05, 4.69) is 6.07 Å². The van der Waals surface area contributed by atoms with E-state index in [9.17, 15) is 17.6 Å². The second kappa shape index (κ2) is 8.37. The number of rotatable bonds is 5. The molecule has 1 aliphatic carbocycles. The van der Waals surface area contributed by atoms with Gasteiger partial charge in [-0.1, -0.05) is 41.4 Å². The zero-order valence-electron chi connectivity index (χ0n) is 17.8. The van der Waals surface area contributed by atoms with Crippen molar-refractivity contribution in [1.29, 1.82) is 0 Å². The molecule has 1 aromatic heterocycles. The molecule has 1 fully saturated rings. The topological polar surface area (TPSA) is 81.1 Å². The van der Waals surface area contributed by atoms with Crippen LogP contribution in [0.2, 0.25) is 10.0 Å². The van der Waals surface area contributed by atoms with Crippen molar-refractivity contribution in [2.75, 3.05) is 6.26 Å². The van der Waals surface area contributed by atoms with Crippen molar-refractivity contribution in [2.45, 2.75) is 18.8 Å². The predicted molar refractivity (Wildman–Crippen MR) is 131 cm³/mol. The van der Waals surface area contributed by atoms with Gasteiger partial charge in [-0.2, -0.15) is 5.10 Å². The molecule has 6 nitrogen and oxygen atoms in total. The summed E-state index contributed by atoms with van der Waals surface area (Å²) in [6.07, 6.45) is 3.09. The van der Waals surface area contributed by atoms with E-state index in [1.54, 1.807) is 16.9 Å². The van der Waals surface area contributed by atoms with Crippen LogP contribution in [-0.4, -0.2) is 30.4 Å². The van der Waals surface area contributed by atoms with Crippen LogP contribution in [0.4, 0.5) is 4.39 Å². The van der Waals surface area contributed by atoms with Crippen LogP contribution in [0.1, 0.15) is 34.7 Å². The number of benzene rings is 3. The Bertz CT molecular complexity index is 1560. The molecule has 10 heteroatoms. The molecule has 1 amide bonds. The Kier molecular flexibility index (Phi) is 5.62. The molecule has 1 saturated carbocycles. The average molecular weight is 518 g/mol. The SMILES string of the molecule is CS(=O)(=O)NC(=O)c1cc(Cl)c(-n2nc(-c3ccc(Cl)cc3)c3cc(C4CC4)ccc32)cc1F. The maximum atomic E-state index is 14.9. The minimum Gasteiger partial charge on any atom is -0.268 e. The third kappa shape index (κ3) is 4.41. The molecule has 0 spiro atoms. The van der Waals surface area contributed by atoms with Gasteiger partial charge in [-0.05, 0) is 54.7 Å². The molecular weight excluding hydrogens is 500 g/mol. The lowest BCUT2D eigenvalue weighted by Crippen LogP contribution is -2.30. The first kappa shape index (κ1) is 22.8. The number of aromatic nitrogens is 2. The molecule has 0 atom stereocenters. The summed E-state index contributed by atoms with van der Waals surface area (Å²) in [5.41, 5.74) is 3.19.